The Kier molecular flexibility index (Phi) is 2.39. The standard InChI is InChI=1S/C12H16N2O/c1-3-7-5-8(4-2)11(13)12-9(7)6-10(15)14-12/h5H,3-4,6,13H2,1-2H3,(H,14,15). The molecule has 1 amide bonds. The lowest BCUT2D eigenvalue weighted by atomic mass is 9.96. The zero-order valence-corrected chi connectivity index (χ0v) is 9.18. The van der Waals surface area contributed by atoms with Crippen LogP contribution in [-0.4, -0.2) is 5.91 Å². The Morgan fingerprint density at radius 3 is 2.60 bits per heavy atom. The third-order valence-corrected chi connectivity index (χ3v) is 3.02. The van der Waals surface area contributed by atoms with E-state index in [1.807, 2.05) is 0 Å². The van der Waals surface area contributed by atoms with Crippen molar-refractivity contribution in [3.8, 4) is 0 Å². The molecule has 1 aromatic carbocycles. The van der Waals surface area contributed by atoms with Crippen molar-refractivity contribution in [3.05, 3.63) is 22.8 Å². The number of carbonyl (C=O) groups is 1. The van der Waals surface area contributed by atoms with Gasteiger partial charge in [-0.05, 0) is 29.5 Å². The Morgan fingerprint density at radius 1 is 1.33 bits per heavy atom. The van der Waals surface area contributed by atoms with Crippen LogP contribution in [0.1, 0.15) is 30.5 Å². The maximum Gasteiger partial charge on any atom is 0.228 e. The van der Waals surface area contributed by atoms with E-state index in [0.717, 1.165) is 35.3 Å². The first kappa shape index (κ1) is 10.0. The topological polar surface area (TPSA) is 55.1 Å². The summed E-state index contributed by atoms with van der Waals surface area (Å²) in [7, 11) is 0. The minimum Gasteiger partial charge on any atom is -0.397 e. The molecule has 1 aromatic rings. The van der Waals surface area contributed by atoms with Gasteiger partial charge in [-0.1, -0.05) is 19.9 Å². The van der Waals surface area contributed by atoms with Crippen LogP contribution < -0.4 is 11.1 Å². The van der Waals surface area contributed by atoms with Crippen molar-refractivity contribution in [2.45, 2.75) is 33.1 Å². The maximum absolute atomic E-state index is 11.4. The van der Waals surface area contributed by atoms with Crippen molar-refractivity contribution in [2.24, 2.45) is 0 Å². The second-order valence-corrected chi connectivity index (χ2v) is 3.89. The second kappa shape index (κ2) is 3.57. The number of nitrogens with one attached hydrogen (secondary N) is 1. The predicted octanol–water partition coefficient (Wildman–Crippen LogP) is 1.89. The average molecular weight is 204 g/mol. The van der Waals surface area contributed by atoms with Crippen molar-refractivity contribution in [1.29, 1.82) is 0 Å². The zero-order valence-electron chi connectivity index (χ0n) is 9.18. The monoisotopic (exact) mass is 204 g/mol. The van der Waals surface area contributed by atoms with Gasteiger partial charge in [-0.3, -0.25) is 4.79 Å². The van der Waals surface area contributed by atoms with Crippen LogP contribution >= 0.6 is 0 Å². The Hall–Kier alpha value is -1.51. The van der Waals surface area contributed by atoms with Crippen LogP contribution in [0.15, 0.2) is 6.07 Å². The normalized spacial score (nSPS) is 13.9. The second-order valence-electron chi connectivity index (χ2n) is 3.89. The van der Waals surface area contributed by atoms with Crippen molar-refractivity contribution in [3.63, 3.8) is 0 Å². The number of carbonyl (C=O) groups excluding carboxylic acids is 1. The molecule has 0 fully saturated rings. The molecule has 0 aromatic heterocycles. The van der Waals surface area contributed by atoms with Gasteiger partial charge < -0.3 is 11.1 Å². The van der Waals surface area contributed by atoms with Crippen molar-refractivity contribution >= 4 is 17.3 Å². The molecule has 0 unspecified atom stereocenters. The SMILES string of the molecule is CCc1cc(CC)c2c(c1N)NC(=O)C2. The molecule has 1 heterocycles. The first-order chi connectivity index (χ1) is 7.17. The summed E-state index contributed by atoms with van der Waals surface area (Å²) in [5.41, 5.74) is 11.1. The number of amides is 1. The van der Waals surface area contributed by atoms with E-state index in [4.69, 9.17) is 5.73 Å². The quantitative estimate of drug-likeness (QED) is 0.723. The number of fused-ring (bicyclic) bond motifs is 1. The Morgan fingerprint density at radius 2 is 2.00 bits per heavy atom. The fourth-order valence-corrected chi connectivity index (χ4v) is 2.16. The highest BCUT2D eigenvalue weighted by molar-refractivity contribution is 6.03. The number of benzene rings is 1. The molecule has 2 rings (SSSR count). The summed E-state index contributed by atoms with van der Waals surface area (Å²) in [5, 5.41) is 2.85. The molecule has 0 saturated heterocycles. The predicted molar refractivity (Wildman–Crippen MR) is 61.9 cm³/mol. The number of aryl methyl sites for hydroxylation is 2. The fourth-order valence-electron chi connectivity index (χ4n) is 2.16. The first-order valence-electron chi connectivity index (χ1n) is 5.40. The van der Waals surface area contributed by atoms with Gasteiger partial charge in [0.25, 0.3) is 0 Å². The van der Waals surface area contributed by atoms with E-state index in [1.165, 1.54) is 5.56 Å². The molecule has 0 bridgehead atoms. The third kappa shape index (κ3) is 1.48. The van der Waals surface area contributed by atoms with Gasteiger partial charge in [0.15, 0.2) is 0 Å². The molecule has 0 atom stereocenters. The highest BCUT2D eigenvalue weighted by atomic mass is 16.1. The molecular weight excluding hydrogens is 188 g/mol. The molecule has 3 heteroatoms. The summed E-state index contributed by atoms with van der Waals surface area (Å²) in [4.78, 5) is 11.4. The molecule has 0 aliphatic carbocycles. The van der Waals surface area contributed by atoms with Gasteiger partial charge in [-0.15, -0.1) is 0 Å². The number of nitrogen functional groups attached to an aromatic ring is 1. The van der Waals surface area contributed by atoms with E-state index in [2.05, 4.69) is 25.2 Å². The van der Waals surface area contributed by atoms with Gasteiger partial charge in [0.1, 0.15) is 0 Å². The van der Waals surface area contributed by atoms with Crippen LogP contribution in [0.3, 0.4) is 0 Å². The van der Waals surface area contributed by atoms with Crippen LogP contribution in [0.25, 0.3) is 0 Å². The molecule has 0 saturated carbocycles. The summed E-state index contributed by atoms with van der Waals surface area (Å²) in [6.45, 7) is 4.18. The highest BCUT2D eigenvalue weighted by Gasteiger charge is 2.23. The van der Waals surface area contributed by atoms with Gasteiger partial charge in [0.05, 0.1) is 17.8 Å². The van der Waals surface area contributed by atoms with Crippen molar-refractivity contribution < 1.29 is 4.79 Å². The third-order valence-electron chi connectivity index (χ3n) is 3.02. The lowest BCUT2D eigenvalue weighted by Gasteiger charge is -2.12. The van der Waals surface area contributed by atoms with E-state index >= 15 is 0 Å². The van der Waals surface area contributed by atoms with Crippen LogP contribution in [0.2, 0.25) is 0 Å². The molecule has 3 N–H and O–H groups in total. The lowest BCUT2D eigenvalue weighted by Crippen LogP contribution is -2.05. The molecule has 15 heavy (non-hydrogen) atoms. The number of hydrogen-bond acceptors (Lipinski definition) is 2. The van der Waals surface area contributed by atoms with Crippen LogP contribution in [0.4, 0.5) is 11.4 Å². The van der Waals surface area contributed by atoms with Crippen LogP contribution in [0.5, 0.6) is 0 Å². The summed E-state index contributed by atoms with van der Waals surface area (Å²) < 4.78 is 0. The Bertz CT molecular complexity index is 424. The van der Waals surface area contributed by atoms with E-state index in [0.29, 0.717) is 6.42 Å². The zero-order chi connectivity index (χ0) is 11.0. The molecule has 3 nitrogen and oxygen atoms in total. The molecule has 1 aliphatic rings. The van der Waals surface area contributed by atoms with E-state index in [-0.39, 0.29) is 5.91 Å². The van der Waals surface area contributed by atoms with Gasteiger partial charge in [0.2, 0.25) is 5.91 Å². The summed E-state index contributed by atoms with van der Waals surface area (Å²) in [6.07, 6.45) is 2.33. The summed E-state index contributed by atoms with van der Waals surface area (Å²) in [6, 6.07) is 2.13. The molecule has 0 spiro atoms. The van der Waals surface area contributed by atoms with Gasteiger partial charge in [-0.2, -0.15) is 0 Å². The largest absolute Gasteiger partial charge is 0.397 e. The first-order valence-corrected chi connectivity index (χ1v) is 5.40. The molecule has 80 valence electrons. The molecule has 0 radical (unpaired) electrons. The number of anilines is 2. The fraction of sp³-hybridized carbons (Fsp3) is 0.417. The van der Waals surface area contributed by atoms with Gasteiger partial charge in [0, 0.05) is 0 Å². The Balaban J connectivity index is 2.62. The van der Waals surface area contributed by atoms with Crippen molar-refractivity contribution in [1.82, 2.24) is 0 Å². The minimum absolute atomic E-state index is 0.0552. The highest BCUT2D eigenvalue weighted by Crippen LogP contribution is 2.35. The van der Waals surface area contributed by atoms with Gasteiger partial charge >= 0.3 is 0 Å². The number of nitrogens with two attached hydrogens (primary N) is 1. The average Bonchev–Trinajstić information content (AvgIpc) is 2.61. The number of hydrogen-bond donors (Lipinski definition) is 2. The Labute approximate surface area is 89.7 Å². The van der Waals surface area contributed by atoms with Crippen LogP contribution in [-0.2, 0) is 24.1 Å². The van der Waals surface area contributed by atoms with Crippen molar-refractivity contribution in [2.75, 3.05) is 11.1 Å². The summed E-state index contributed by atoms with van der Waals surface area (Å²) >= 11 is 0. The van der Waals surface area contributed by atoms with Gasteiger partial charge in [-0.25, -0.2) is 0 Å². The van der Waals surface area contributed by atoms with E-state index < -0.39 is 0 Å². The summed E-state index contributed by atoms with van der Waals surface area (Å²) in [5.74, 6) is 0.0552. The number of rotatable bonds is 2. The van der Waals surface area contributed by atoms with E-state index in [1.54, 1.807) is 0 Å². The lowest BCUT2D eigenvalue weighted by molar-refractivity contribution is -0.115. The maximum atomic E-state index is 11.4. The molecular formula is C12H16N2O. The minimum atomic E-state index is 0.0552. The van der Waals surface area contributed by atoms with Crippen LogP contribution in [0, 0.1) is 0 Å². The van der Waals surface area contributed by atoms with E-state index in [9.17, 15) is 4.79 Å². The smallest absolute Gasteiger partial charge is 0.228 e. The molecule has 1 aliphatic heterocycles.